The quantitative estimate of drug-likeness (QED) is 0.908. The maximum atomic E-state index is 8.75. The highest BCUT2D eigenvalue weighted by atomic mass is 79.9. The summed E-state index contributed by atoms with van der Waals surface area (Å²) in [5, 5.41) is 12.4. The van der Waals surface area contributed by atoms with Gasteiger partial charge >= 0.3 is 0 Å². The number of halogens is 2. The molecule has 0 unspecified atom stereocenters. The van der Waals surface area contributed by atoms with Crippen LogP contribution in [0.4, 0.5) is 11.5 Å². The molecule has 0 aliphatic rings. The van der Waals surface area contributed by atoms with Gasteiger partial charge in [0.1, 0.15) is 17.6 Å². The highest BCUT2D eigenvalue weighted by Crippen LogP contribution is 2.27. The first kappa shape index (κ1) is 11.9. The Kier molecular flexibility index (Phi) is 3.62. The van der Waals surface area contributed by atoms with Crippen molar-refractivity contribution in [2.75, 3.05) is 5.32 Å². The summed E-state index contributed by atoms with van der Waals surface area (Å²) in [7, 11) is 0. The van der Waals surface area contributed by atoms with Crippen LogP contribution in [0, 0.1) is 11.3 Å². The minimum absolute atomic E-state index is 0.362. The predicted octanol–water partition coefficient (Wildman–Crippen LogP) is 4.11. The van der Waals surface area contributed by atoms with Crippen LogP contribution in [0.5, 0.6) is 0 Å². The minimum atomic E-state index is 0.362. The maximum absolute atomic E-state index is 8.75. The van der Waals surface area contributed by atoms with Gasteiger partial charge in [-0.15, -0.1) is 0 Å². The third-order valence-corrected chi connectivity index (χ3v) is 2.88. The molecule has 2 aromatic rings. The van der Waals surface area contributed by atoms with Crippen molar-refractivity contribution < 1.29 is 0 Å². The SMILES string of the molecule is N#Cc1cccc(Nc2cc(Br)ccc2Cl)n1. The molecule has 84 valence electrons. The van der Waals surface area contributed by atoms with E-state index in [1.54, 1.807) is 24.3 Å². The Hall–Kier alpha value is -1.57. The fourth-order valence-corrected chi connectivity index (χ4v) is 1.82. The lowest BCUT2D eigenvalue weighted by Gasteiger charge is -2.07. The predicted molar refractivity (Wildman–Crippen MR) is 71.4 cm³/mol. The molecule has 1 aromatic carbocycles. The molecule has 0 atom stereocenters. The Balaban J connectivity index is 2.31. The Morgan fingerprint density at radius 1 is 1.29 bits per heavy atom. The molecule has 1 N–H and O–H groups in total. The molecule has 0 spiro atoms. The van der Waals surface area contributed by atoms with Gasteiger partial charge in [-0.05, 0) is 30.3 Å². The Bertz CT molecular complexity index is 593. The molecule has 1 aromatic heterocycles. The van der Waals surface area contributed by atoms with Crippen LogP contribution < -0.4 is 5.32 Å². The third kappa shape index (κ3) is 2.96. The van der Waals surface area contributed by atoms with Crippen LogP contribution in [0.25, 0.3) is 0 Å². The fourth-order valence-electron chi connectivity index (χ4n) is 1.30. The van der Waals surface area contributed by atoms with E-state index < -0.39 is 0 Å². The number of hydrogen-bond acceptors (Lipinski definition) is 3. The Morgan fingerprint density at radius 2 is 2.12 bits per heavy atom. The number of benzene rings is 1. The summed E-state index contributed by atoms with van der Waals surface area (Å²) in [5.41, 5.74) is 1.10. The van der Waals surface area contributed by atoms with Crippen molar-refractivity contribution >= 4 is 39.0 Å². The number of hydrogen-bond donors (Lipinski definition) is 1. The summed E-state index contributed by atoms with van der Waals surface area (Å²) in [4.78, 5) is 4.11. The molecule has 17 heavy (non-hydrogen) atoms. The first-order valence-electron chi connectivity index (χ1n) is 4.78. The lowest BCUT2D eigenvalue weighted by Crippen LogP contribution is -1.95. The number of aromatic nitrogens is 1. The van der Waals surface area contributed by atoms with Crippen molar-refractivity contribution in [1.82, 2.24) is 4.98 Å². The lowest BCUT2D eigenvalue weighted by molar-refractivity contribution is 1.25. The lowest BCUT2D eigenvalue weighted by atomic mass is 10.3. The van der Waals surface area contributed by atoms with Crippen LogP contribution in [0.15, 0.2) is 40.9 Å². The average Bonchev–Trinajstić information content (AvgIpc) is 2.34. The van der Waals surface area contributed by atoms with Gasteiger partial charge < -0.3 is 5.32 Å². The first-order chi connectivity index (χ1) is 8.19. The van der Waals surface area contributed by atoms with Crippen LogP contribution in [0.2, 0.25) is 5.02 Å². The summed E-state index contributed by atoms with van der Waals surface area (Å²) in [5.74, 6) is 0.587. The minimum Gasteiger partial charge on any atom is -0.339 e. The number of nitrogens with one attached hydrogen (secondary N) is 1. The highest BCUT2D eigenvalue weighted by Gasteiger charge is 2.03. The summed E-state index contributed by atoms with van der Waals surface area (Å²) in [6, 6.07) is 12.7. The number of anilines is 2. The van der Waals surface area contributed by atoms with Crippen LogP contribution in [-0.2, 0) is 0 Å². The molecule has 1 heterocycles. The Morgan fingerprint density at radius 3 is 2.88 bits per heavy atom. The zero-order valence-electron chi connectivity index (χ0n) is 8.61. The molecule has 0 radical (unpaired) electrons. The van der Waals surface area contributed by atoms with Gasteiger partial charge in [-0.3, -0.25) is 0 Å². The van der Waals surface area contributed by atoms with E-state index in [1.165, 1.54) is 0 Å². The van der Waals surface area contributed by atoms with E-state index in [1.807, 2.05) is 18.2 Å². The van der Waals surface area contributed by atoms with Gasteiger partial charge in [-0.2, -0.15) is 5.26 Å². The van der Waals surface area contributed by atoms with Crippen molar-refractivity contribution in [3.8, 4) is 6.07 Å². The second-order valence-electron chi connectivity index (χ2n) is 3.27. The van der Waals surface area contributed by atoms with Crippen molar-refractivity contribution in [3.63, 3.8) is 0 Å². The van der Waals surface area contributed by atoms with Crippen molar-refractivity contribution in [2.24, 2.45) is 0 Å². The van der Waals surface area contributed by atoms with Gasteiger partial charge in [-0.25, -0.2) is 4.98 Å². The van der Waals surface area contributed by atoms with Gasteiger partial charge in [0.05, 0.1) is 10.7 Å². The summed E-state index contributed by atoms with van der Waals surface area (Å²) < 4.78 is 0.917. The molecule has 0 bridgehead atoms. The molecule has 3 nitrogen and oxygen atoms in total. The van der Waals surface area contributed by atoms with Crippen molar-refractivity contribution in [1.29, 1.82) is 5.26 Å². The molecule has 0 saturated heterocycles. The first-order valence-corrected chi connectivity index (χ1v) is 5.95. The third-order valence-electron chi connectivity index (χ3n) is 2.05. The van der Waals surface area contributed by atoms with Crippen LogP contribution >= 0.6 is 27.5 Å². The van der Waals surface area contributed by atoms with Crippen molar-refractivity contribution in [2.45, 2.75) is 0 Å². The zero-order chi connectivity index (χ0) is 12.3. The molecule has 0 fully saturated rings. The smallest absolute Gasteiger partial charge is 0.142 e. The number of rotatable bonds is 2. The van der Waals surface area contributed by atoms with Crippen LogP contribution in [0.1, 0.15) is 5.69 Å². The van der Waals surface area contributed by atoms with E-state index in [2.05, 4.69) is 26.2 Å². The van der Waals surface area contributed by atoms with Gasteiger partial charge in [-0.1, -0.05) is 33.6 Å². The average molecular weight is 309 g/mol. The molecule has 2 rings (SSSR count). The van der Waals surface area contributed by atoms with Crippen molar-refractivity contribution in [3.05, 3.63) is 51.6 Å². The van der Waals surface area contributed by atoms with Gasteiger partial charge in [0, 0.05) is 4.47 Å². The van der Waals surface area contributed by atoms with Crippen LogP contribution in [0.3, 0.4) is 0 Å². The zero-order valence-corrected chi connectivity index (χ0v) is 11.0. The van der Waals surface area contributed by atoms with Crippen LogP contribution in [-0.4, -0.2) is 4.98 Å². The Labute approximate surface area is 112 Å². The largest absolute Gasteiger partial charge is 0.339 e. The fraction of sp³-hybridized carbons (Fsp3) is 0. The number of nitrogens with zero attached hydrogens (tertiary/aromatic N) is 2. The summed E-state index contributed by atoms with van der Waals surface area (Å²) in [6.45, 7) is 0. The normalized spacial score (nSPS) is 9.71. The second-order valence-corrected chi connectivity index (χ2v) is 4.59. The van der Waals surface area contributed by atoms with E-state index in [0.717, 1.165) is 10.2 Å². The van der Waals surface area contributed by atoms with Gasteiger partial charge in [0.25, 0.3) is 0 Å². The number of pyridine rings is 1. The van der Waals surface area contributed by atoms with Gasteiger partial charge in [0.15, 0.2) is 0 Å². The topological polar surface area (TPSA) is 48.7 Å². The van der Waals surface area contributed by atoms with Gasteiger partial charge in [0.2, 0.25) is 0 Å². The maximum Gasteiger partial charge on any atom is 0.142 e. The van der Waals surface area contributed by atoms with E-state index >= 15 is 0 Å². The van der Waals surface area contributed by atoms with E-state index in [-0.39, 0.29) is 0 Å². The highest BCUT2D eigenvalue weighted by molar-refractivity contribution is 9.10. The molecule has 5 heteroatoms. The molecule has 0 saturated carbocycles. The number of nitriles is 1. The molecule has 0 amide bonds. The summed E-state index contributed by atoms with van der Waals surface area (Å²) >= 11 is 9.41. The second kappa shape index (κ2) is 5.17. The molecular weight excluding hydrogens is 302 g/mol. The molecular formula is C12H7BrClN3. The molecule has 0 aliphatic heterocycles. The summed E-state index contributed by atoms with van der Waals surface area (Å²) in [6.07, 6.45) is 0. The van der Waals surface area contributed by atoms with E-state index in [4.69, 9.17) is 16.9 Å². The van der Waals surface area contributed by atoms with E-state index in [0.29, 0.717) is 16.5 Å². The standard InChI is InChI=1S/C12H7BrClN3/c13-8-4-5-10(14)11(6-8)17-12-3-1-2-9(7-15)16-12/h1-6H,(H,16,17). The molecule has 0 aliphatic carbocycles. The van der Waals surface area contributed by atoms with E-state index in [9.17, 15) is 0 Å². The monoisotopic (exact) mass is 307 g/mol.